The van der Waals surface area contributed by atoms with Crippen LogP contribution in [0, 0.1) is 0 Å². The molecule has 2 heterocycles. The highest BCUT2D eigenvalue weighted by molar-refractivity contribution is 5.97. The number of nitrogens with zero attached hydrogens (tertiary/aromatic N) is 1. The Morgan fingerprint density at radius 3 is 2.71 bits per heavy atom. The van der Waals surface area contributed by atoms with Crippen molar-refractivity contribution in [2.45, 2.75) is 18.9 Å². The standard InChI is InChI=1S/C16H15NO4/c18-15(11-4-1-5-12(10-11)16(19)20)17-8-2-6-13(17)14-7-3-9-21-14/h1,3-5,7,9-10,13H,2,6,8H2,(H,19,20)/t13-/m0/s1. The highest BCUT2D eigenvalue weighted by Gasteiger charge is 2.32. The van der Waals surface area contributed by atoms with Crippen molar-refractivity contribution in [3.05, 3.63) is 59.5 Å². The summed E-state index contributed by atoms with van der Waals surface area (Å²) in [5, 5.41) is 9.02. The minimum atomic E-state index is -1.03. The van der Waals surface area contributed by atoms with Crippen molar-refractivity contribution in [3.63, 3.8) is 0 Å². The second-order valence-electron chi connectivity index (χ2n) is 5.06. The first kappa shape index (κ1) is 13.4. The van der Waals surface area contributed by atoms with E-state index in [-0.39, 0.29) is 17.5 Å². The molecule has 5 nitrogen and oxygen atoms in total. The van der Waals surface area contributed by atoms with Crippen molar-refractivity contribution in [2.24, 2.45) is 0 Å². The summed E-state index contributed by atoms with van der Waals surface area (Å²) < 4.78 is 5.41. The van der Waals surface area contributed by atoms with E-state index >= 15 is 0 Å². The maximum absolute atomic E-state index is 12.6. The van der Waals surface area contributed by atoms with Crippen LogP contribution in [0.1, 0.15) is 45.4 Å². The molecule has 2 aromatic rings. The first-order valence-electron chi connectivity index (χ1n) is 6.84. The van der Waals surface area contributed by atoms with Crippen LogP contribution in [-0.2, 0) is 0 Å². The number of carboxylic acid groups (broad SMARTS) is 1. The molecule has 1 aromatic carbocycles. The summed E-state index contributed by atoms with van der Waals surface area (Å²) in [6.07, 6.45) is 3.37. The van der Waals surface area contributed by atoms with E-state index in [2.05, 4.69) is 0 Å². The third-order valence-corrected chi connectivity index (χ3v) is 3.74. The largest absolute Gasteiger partial charge is 0.478 e. The first-order valence-corrected chi connectivity index (χ1v) is 6.84. The van der Waals surface area contributed by atoms with Crippen LogP contribution < -0.4 is 0 Å². The molecule has 1 saturated heterocycles. The number of likely N-dealkylation sites (tertiary alicyclic amines) is 1. The second-order valence-corrected chi connectivity index (χ2v) is 5.06. The lowest BCUT2D eigenvalue weighted by Gasteiger charge is -2.23. The van der Waals surface area contributed by atoms with Gasteiger partial charge in [-0.2, -0.15) is 0 Å². The number of benzene rings is 1. The van der Waals surface area contributed by atoms with Crippen molar-refractivity contribution in [3.8, 4) is 0 Å². The molecule has 1 aliphatic heterocycles. The minimum absolute atomic E-state index is 0.0685. The van der Waals surface area contributed by atoms with Crippen molar-refractivity contribution in [2.75, 3.05) is 6.54 Å². The third kappa shape index (κ3) is 2.54. The fourth-order valence-corrected chi connectivity index (χ4v) is 2.74. The Labute approximate surface area is 121 Å². The van der Waals surface area contributed by atoms with Gasteiger partial charge in [0.15, 0.2) is 0 Å². The zero-order valence-corrected chi connectivity index (χ0v) is 11.4. The van der Waals surface area contributed by atoms with Gasteiger partial charge < -0.3 is 14.4 Å². The van der Waals surface area contributed by atoms with Crippen molar-refractivity contribution in [1.82, 2.24) is 4.90 Å². The van der Waals surface area contributed by atoms with E-state index in [1.807, 2.05) is 6.07 Å². The SMILES string of the molecule is O=C(O)c1cccc(C(=O)N2CCC[C@H]2c2ccco2)c1. The number of rotatable bonds is 3. The number of hydrogen-bond donors (Lipinski definition) is 1. The molecule has 0 radical (unpaired) electrons. The van der Waals surface area contributed by atoms with Crippen LogP contribution in [0.5, 0.6) is 0 Å². The molecule has 1 aliphatic rings. The van der Waals surface area contributed by atoms with E-state index in [0.717, 1.165) is 18.6 Å². The van der Waals surface area contributed by atoms with Crippen LogP contribution in [0.2, 0.25) is 0 Å². The first-order chi connectivity index (χ1) is 10.2. The number of carbonyl (C=O) groups excluding carboxylic acids is 1. The topological polar surface area (TPSA) is 70.8 Å². The smallest absolute Gasteiger partial charge is 0.335 e. The molecule has 1 atom stereocenters. The summed E-state index contributed by atoms with van der Waals surface area (Å²) in [6.45, 7) is 0.654. The summed E-state index contributed by atoms with van der Waals surface area (Å²) in [7, 11) is 0. The summed E-state index contributed by atoms with van der Waals surface area (Å²) in [5.41, 5.74) is 0.517. The highest BCUT2D eigenvalue weighted by atomic mass is 16.4. The van der Waals surface area contributed by atoms with Crippen molar-refractivity contribution in [1.29, 1.82) is 0 Å². The molecule has 0 spiro atoms. The molecule has 0 saturated carbocycles. The van der Waals surface area contributed by atoms with Gasteiger partial charge >= 0.3 is 5.97 Å². The van der Waals surface area contributed by atoms with Gasteiger partial charge in [-0.3, -0.25) is 4.79 Å². The van der Waals surface area contributed by atoms with Gasteiger partial charge in [-0.1, -0.05) is 6.07 Å². The van der Waals surface area contributed by atoms with E-state index in [9.17, 15) is 9.59 Å². The molecule has 21 heavy (non-hydrogen) atoms. The number of aromatic carboxylic acids is 1. The Hall–Kier alpha value is -2.56. The van der Waals surface area contributed by atoms with Crippen molar-refractivity contribution < 1.29 is 19.1 Å². The number of hydrogen-bond acceptors (Lipinski definition) is 3. The lowest BCUT2D eigenvalue weighted by atomic mass is 10.1. The maximum atomic E-state index is 12.6. The van der Waals surface area contributed by atoms with Crippen molar-refractivity contribution >= 4 is 11.9 Å². The fourth-order valence-electron chi connectivity index (χ4n) is 2.74. The van der Waals surface area contributed by atoms with Gasteiger partial charge in [-0.25, -0.2) is 4.79 Å². The van der Waals surface area contributed by atoms with Gasteiger partial charge in [0.05, 0.1) is 17.9 Å². The average molecular weight is 285 g/mol. The predicted molar refractivity (Wildman–Crippen MR) is 75.1 cm³/mol. The summed E-state index contributed by atoms with van der Waals surface area (Å²) in [4.78, 5) is 25.4. The molecular formula is C16H15NO4. The van der Waals surface area contributed by atoms with E-state index in [1.165, 1.54) is 12.1 Å². The number of amides is 1. The fraction of sp³-hybridized carbons (Fsp3) is 0.250. The summed E-state index contributed by atoms with van der Waals surface area (Å²) >= 11 is 0. The molecule has 0 aliphatic carbocycles. The van der Waals surface area contributed by atoms with Gasteiger partial charge in [0.25, 0.3) is 5.91 Å². The lowest BCUT2D eigenvalue weighted by Crippen LogP contribution is -2.30. The Kier molecular flexibility index (Phi) is 3.48. The molecule has 108 valence electrons. The monoisotopic (exact) mass is 285 g/mol. The molecule has 1 amide bonds. The molecule has 0 unspecified atom stereocenters. The molecule has 3 rings (SSSR count). The predicted octanol–water partition coefficient (Wildman–Crippen LogP) is 2.96. The van der Waals surface area contributed by atoms with Crippen LogP contribution in [0.15, 0.2) is 47.1 Å². The molecule has 1 fully saturated rings. The van der Waals surface area contributed by atoms with Crippen LogP contribution in [0.4, 0.5) is 0 Å². The Bertz CT molecular complexity index is 663. The van der Waals surface area contributed by atoms with Gasteiger partial charge in [0.2, 0.25) is 0 Å². The molecule has 1 aromatic heterocycles. The van der Waals surface area contributed by atoms with Crippen LogP contribution in [0.25, 0.3) is 0 Å². The molecular weight excluding hydrogens is 270 g/mol. The maximum Gasteiger partial charge on any atom is 0.335 e. The Morgan fingerprint density at radius 1 is 1.19 bits per heavy atom. The Morgan fingerprint density at radius 2 is 2.00 bits per heavy atom. The molecule has 5 heteroatoms. The normalized spacial score (nSPS) is 17.9. The highest BCUT2D eigenvalue weighted by Crippen LogP contribution is 2.33. The van der Waals surface area contributed by atoms with Crippen LogP contribution >= 0.6 is 0 Å². The summed E-state index contributed by atoms with van der Waals surface area (Å²) in [6, 6.07) is 9.74. The van der Waals surface area contributed by atoms with Crippen LogP contribution in [0.3, 0.4) is 0 Å². The molecule has 0 bridgehead atoms. The zero-order valence-electron chi connectivity index (χ0n) is 11.4. The average Bonchev–Trinajstić information content (AvgIpc) is 3.17. The van der Waals surface area contributed by atoms with E-state index in [0.29, 0.717) is 12.1 Å². The minimum Gasteiger partial charge on any atom is -0.478 e. The zero-order chi connectivity index (χ0) is 14.8. The molecule has 1 N–H and O–H groups in total. The number of carbonyl (C=O) groups is 2. The van der Waals surface area contributed by atoms with Gasteiger partial charge in [0, 0.05) is 12.1 Å². The van der Waals surface area contributed by atoms with E-state index in [1.54, 1.807) is 29.4 Å². The van der Waals surface area contributed by atoms with Gasteiger partial charge in [-0.05, 0) is 43.2 Å². The van der Waals surface area contributed by atoms with Gasteiger partial charge in [-0.15, -0.1) is 0 Å². The quantitative estimate of drug-likeness (QED) is 0.941. The number of furan rings is 1. The van der Waals surface area contributed by atoms with E-state index in [4.69, 9.17) is 9.52 Å². The second kappa shape index (κ2) is 5.44. The van der Waals surface area contributed by atoms with E-state index < -0.39 is 5.97 Å². The Balaban J connectivity index is 1.87. The summed E-state index contributed by atoms with van der Waals surface area (Å²) in [5.74, 6) is -0.416. The third-order valence-electron chi connectivity index (χ3n) is 3.74. The lowest BCUT2D eigenvalue weighted by molar-refractivity contribution is 0.0697. The van der Waals surface area contributed by atoms with Gasteiger partial charge in [0.1, 0.15) is 5.76 Å². The van der Waals surface area contributed by atoms with Crippen LogP contribution in [-0.4, -0.2) is 28.4 Å². The number of carboxylic acids is 1.